The minimum atomic E-state index is 0.342. The molecule has 0 aromatic carbocycles. The van der Waals surface area contributed by atoms with E-state index in [1.165, 1.54) is 50.2 Å². The van der Waals surface area contributed by atoms with Gasteiger partial charge < -0.3 is 5.73 Å². The molecule has 0 bridgehead atoms. The predicted octanol–water partition coefficient (Wildman–Crippen LogP) is 2.09. The van der Waals surface area contributed by atoms with E-state index in [4.69, 9.17) is 5.73 Å². The summed E-state index contributed by atoms with van der Waals surface area (Å²) in [5.74, 6) is 2.56. The summed E-state index contributed by atoms with van der Waals surface area (Å²) in [6.45, 7) is 4.52. The van der Waals surface area contributed by atoms with Crippen molar-refractivity contribution < 1.29 is 0 Å². The topological polar surface area (TPSA) is 29.3 Å². The van der Waals surface area contributed by atoms with Crippen LogP contribution in [0.5, 0.6) is 0 Å². The Balaban J connectivity index is 2.10. The average Bonchev–Trinajstić information content (AvgIpc) is 2.63. The van der Waals surface area contributed by atoms with Crippen molar-refractivity contribution in [3.8, 4) is 0 Å². The van der Waals surface area contributed by atoms with Gasteiger partial charge in [-0.2, -0.15) is 11.8 Å². The molecule has 0 amide bonds. The van der Waals surface area contributed by atoms with Gasteiger partial charge in [-0.15, -0.1) is 0 Å². The molecule has 2 nitrogen and oxygen atoms in total. The van der Waals surface area contributed by atoms with Gasteiger partial charge >= 0.3 is 0 Å². The second-order valence-electron chi connectivity index (χ2n) is 5.12. The van der Waals surface area contributed by atoms with E-state index >= 15 is 0 Å². The first-order chi connectivity index (χ1) is 7.28. The van der Waals surface area contributed by atoms with Crippen LogP contribution in [0.4, 0.5) is 0 Å². The van der Waals surface area contributed by atoms with Crippen LogP contribution < -0.4 is 5.73 Å². The minimum Gasteiger partial charge on any atom is -0.329 e. The summed E-state index contributed by atoms with van der Waals surface area (Å²) in [6.07, 6.45) is 6.86. The van der Waals surface area contributed by atoms with E-state index in [2.05, 4.69) is 23.6 Å². The maximum Gasteiger partial charge on any atom is 0.0432 e. The van der Waals surface area contributed by atoms with Crippen LogP contribution in [0, 0.1) is 0 Å². The Morgan fingerprint density at radius 1 is 1.40 bits per heavy atom. The van der Waals surface area contributed by atoms with Crippen LogP contribution in [0.25, 0.3) is 0 Å². The van der Waals surface area contributed by atoms with E-state index < -0.39 is 0 Å². The van der Waals surface area contributed by atoms with E-state index in [1.807, 2.05) is 0 Å². The monoisotopic (exact) mass is 228 g/mol. The number of thioether (sulfide) groups is 1. The molecule has 2 atom stereocenters. The summed E-state index contributed by atoms with van der Waals surface area (Å²) in [5.41, 5.74) is 6.40. The number of hydrogen-bond acceptors (Lipinski definition) is 3. The lowest BCUT2D eigenvalue weighted by atomic mass is 9.94. The number of hydrogen-bond donors (Lipinski definition) is 1. The van der Waals surface area contributed by atoms with Crippen molar-refractivity contribution in [1.29, 1.82) is 0 Å². The molecular formula is C12H24N2S. The number of rotatable bonds is 2. The molecule has 2 aliphatic rings. The van der Waals surface area contributed by atoms with Crippen molar-refractivity contribution in [1.82, 2.24) is 4.90 Å². The largest absolute Gasteiger partial charge is 0.329 e. The minimum absolute atomic E-state index is 0.342. The van der Waals surface area contributed by atoms with Gasteiger partial charge in [-0.3, -0.25) is 4.90 Å². The Morgan fingerprint density at radius 2 is 2.27 bits per heavy atom. The smallest absolute Gasteiger partial charge is 0.0432 e. The Hall–Kier alpha value is 0.270. The molecule has 0 radical (unpaired) electrons. The fraction of sp³-hybridized carbons (Fsp3) is 1.00. The summed E-state index contributed by atoms with van der Waals surface area (Å²) >= 11 is 2.09. The fourth-order valence-corrected chi connectivity index (χ4v) is 4.56. The second kappa shape index (κ2) is 5.07. The summed E-state index contributed by atoms with van der Waals surface area (Å²) in [6, 6.07) is 0.745. The number of nitrogens with two attached hydrogens (primary N) is 1. The summed E-state index contributed by atoms with van der Waals surface area (Å²) < 4.78 is 0. The SMILES string of the molecule is CC1CCCCCN1C1(CN)CCSC1. The molecule has 88 valence electrons. The molecule has 0 spiro atoms. The zero-order valence-corrected chi connectivity index (χ0v) is 10.7. The standard InChI is InChI=1S/C12H24N2S/c1-11-5-3-2-4-7-14(11)12(9-13)6-8-15-10-12/h11H,2-10,13H2,1H3. The highest BCUT2D eigenvalue weighted by atomic mass is 32.2. The quantitative estimate of drug-likeness (QED) is 0.785. The zero-order chi connectivity index (χ0) is 10.7. The van der Waals surface area contributed by atoms with Gasteiger partial charge in [0.05, 0.1) is 0 Å². The van der Waals surface area contributed by atoms with Crippen LogP contribution in [-0.2, 0) is 0 Å². The summed E-state index contributed by atoms with van der Waals surface area (Å²) in [7, 11) is 0. The first-order valence-electron chi connectivity index (χ1n) is 6.33. The molecule has 2 N–H and O–H groups in total. The van der Waals surface area contributed by atoms with Crippen LogP contribution >= 0.6 is 11.8 Å². The Bertz CT molecular complexity index is 202. The van der Waals surface area contributed by atoms with Crippen molar-refractivity contribution in [2.45, 2.75) is 50.6 Å². The van der Waals surface area contributed by atoms with E-state index in [1.54, 1.807) is 0 Å². The summed E-state index contributed by atoms with van der Waals surface area (Å²) in [4.78, 5) is 2.74. The lowest BCUT2D eigenvalue weighted by Crippen LogP contribution is -2.57. The van der Waals surface area contributed by atoms with Crippen molar-refractivity contribution >= 4 is 11.8 Å². The molecule has 0 aliphatic carbocycles. The molecule has 0 saturated carbocycles. The molecule has 2 unspecified atom stereocenters. The molecule has 0 aromatic rings. The highest BCUT2D eigenvalue weighted by molar-refractivity contribution is 7.99. The third kappa shape index (κ3) is 2.34. The highest BCUT2D eigenvalue weighted by Crippen LogP contribution is 2.36. The molecule has 2 saturated heterocycles. The highest BCUT2D eigenvalue weighted by Gasteiger charge is 2.40. The lowest BCUT2D eigenvalue weighted by molar-refractivity contribution is 0.0770. The molecule has 2 heterocycles. The van der Waals surface area contributed by atoms with Gasteiger partial charge in [0.25, 0.3) is 0 Å². The molecule has 2 rings (SSSR count). The molecule has 3 heteroatoms. The van der Waals surface area contributed by atoms with Crippen LogP contribution in [0.2, 0.25) is 0 Å². The second-order valence-corrected chi connectivity index (χ2v) is 6.23. The van der Waals surface area contributed by atoms with Gasteiger partial charge in [-0.25, -0.2) is 0 Å². The van der Waals surface area contributed by atoms with E-state index in [-0.39, 0.29) is 0 Å². The molecule has 15 heavy (non-hydrogen) atoms. The maximum atomic E-state index is 6.06. The van der Waals surface area contributed by atoms with Gasteiger partial charge in [0, 0.05) is 23.9 Å². The Kier molecular flexibility index (Phi) is 3.97. The van der Waals surface area contributed by atoms with Crippen LogP contribution in [0.15, 0.2) is 0 Å². The van der Waals surface area contributed by atoms with Crippen molar-refractivity contribution in [3.05, 3.63) is 0 Å². The molecule has 0 aromatic heterocycles. The van der Waals surface area contributed by atoms with E-state index in [9.17, 15) is 0 Å². The maximum absolute atomic E-state index is 6.06. The van der Waals surface area contributed by atoms with Gasteiger partial charge in [0.1, 0.15) is 0 Å². The number of nitrogens with zero attached hydrogens (tertiary/aromatic N) is 1. The first kappa shape index (κ1) is 11.7. The van der Waals surface area contributed by atoms with Crippen molar-refractivity contribution in [2.24, 2.45) is 5.73 Å². The molecular weight excluding hydrogens is 204 g/mol. The van der Waals surface area contributed by atoms with Gasteiger partial charge in [-0.05, 0) is 38.5 Å². The molecule has 2 fully saturated rings. The van der Waals surface area contributed by atoms with Crippen LogP contribution in [-0.4, -0.2) is 41.1 Å². The average molecular weight is 228 g/mol. The third-order valence-corrected chi connectivity index (χ3v) is 5.36. The van der Waals surface area contributed by atoms with Crippen LogP contribution in [0.3, 0.4) is 0 Å². The van der Waals surface area contributed by atoms with E-state index in [0.717, 1.165) is 12.6 Å². The van der Waals surface area contributed by atoms with Gasteiger partial charge in [0.15, 0.2) is 0 Å². The summed E-state index contributed by atoms with van der Waals surface area (Å²) in [5, 5.41) is 0. The number of likely N-dealkylation sites (tertiary alicyclic amines) is 1. The Morgan fingerprint density at radius 3 is 2.93 bits per heavy atom. The lowest BCUT2D eigenvalue weighted by Gasteiger charge is -2.43. The predicted molar refractivity (Wildman–Crippen MR) is 68.4 cm³/mol. The van der Waals surface area contributed by atoms with E-state index in [0.29, 0.717) is 5.54 Å². The van der Waals surface area contributed by atoms with Crippen molar-refractivity contribution in [2.75, 3.05) is 24.6 Å². The zero-order valence-electron chi connectivity index (χ0n) is 9.87. The van der Waals surface area contributed by atoms with Gasteiger partial charge in [-0.1, -0.05) is 12.8 Å². The van der Waals surface area contributed by atoms with Crippen molar-refractivity contribution in [3.63, 3.8) is 0 Å². The molecule has 2 aliphatic heterocycles. The fourth-order valence-electron chi connectivity index (χ4n) is 3.08. The van der Waals surface area contributed by atoms with Gasteiger partial charge in [0.2, 0.25) is 0 Å². The van der Waals surface area contributed by atoms with Crippen LogP contribution in [0.1, 0.15) is 39.0 Å². The Labute approximate surface area is 98.0 Å². The third-order valence-electron chi connectivity index (χ3n) is 4.12. The first-order valence-corrected chi connectivity index (χ1v) is 7.48. The normalized spacial score (nSPS) is 39.2.